The second-order valence-corrected chi connectivity index (χ2v) is 9.99. The van der Waals surface area contributed by atoms with Crippen molar-refractivity contribution in [2.24, 2.45) is 17.3 Å². The van der Waals surface area contributed by atoms with Crippen molar-refractivity contribution < 1.29 is 43.6 Å². The lowest BCUT2D eigenvalue weighted by atomic mass is 9.56. The first-order valence-corrected chi connectivity index (χ1v) is 11.3. The number of hydrogen-bond acceptors (Lipinski definition) is 9. The normalized spacial score (nSPS) is 44.1. The number of rotatable bonds is 2. The molecule has 0 bridgehead atoms. The van der Waals surface area contributed by atoms with Crippen LogP contribution in [0.1, 0.15) is 34.6 Å². The minimum atomic E-state index is -2.28. The highest BCUT2D eigenvalue weighted by Gasteiger charge is 2.70. The molecule has 0 spiro atoms. The zero-order valence-corrected chi connectivity index (χ0v) is 20.4. The molecule has 3 aliphatic rings. The van der Waals surface area contributed by atoms with Crippen LogP contribution in [-0.2, 0) is 33.4 Å². The fourth-order valence-corrected chi connectivity index (χ4v) is 5.69. The molecule has 2 N–H and O–H groups in total. The number of hydrogen-bond donors (Lipinski definition) is 2. The first kappa shape index (κ1) is 26.1. The highest BCUT2D eigenvalue weighted by atomic mass is 35.5. The van der Waals surface area contributed by atoms with Crippen molar-refractivity contribution in [1.82, 2.24) is 0 Å². The van der Waals surface area contributed by atoms with Gasteiger partial charge >= 0.3 is 17.9 Å². The van der Waals surface area contributed by atoms with Crippen LogP contribution in [0.2, 0.25) is 0 Å². The number of esters is 3. The Morgan fingerprint density at radius 3 is 2.35 bits per heavy atom. The summed E-state index contributed by atoms with van der Waals surface area (Å²) in [6.07, 6.45) is 1.27. The monoisotopic (exact) mass is 496 g/mol. The third-order valence-electron chi connectivity index (χ3n) is 7.14. The van der Waals surface area contributed by atoms with Gasteiger partial charge in [-0.25, -0.2) is 0 Å². The largest absolute Gasteiger partial charge is 0.459 e. The first-order chi connectivity index (χ1) is 15.6. The summed E-state index contributed by atoms with van der Waals surface area (Å²) < 4.78 is 16.6. The van der Waals surface area contributed by atoms with E-state index < -0.39 is 75.8 Å². The van der Waals surface area contributed by atoms with Crippen molar-refractivity contribution in [3.8, 4) is 0 Å². The maximum absolute atomic E-state index is 13.2. The van der Waals surface area contributed by atoms with Gasteiger partial charge in [0.25, 0.3) is 0 Å². The molecule has 0 saturated carbocycles. The molecular formula is C24H29ClO9. The molecule has 9 atom stereocenters. The zero-order valence-electron chi connectivity index (χ0n) is 19.6. The quantitative estimate of drug-likeness (QED) is 0.251. The predicted molar refractivity (Wildman–Crippen MR) is 119 cm³/mol. The number of carbonyl (C=O) groups excluding carboxylic acids is 4. The van der Waals surface area contributed by atoms with Gasteiger partial charge in [-0.2, -0.15) is 0 Å². The fraction of sp³-hybridized carbons (Fsp3) is 0.583. The Morgan fingerprint density at radius 1 is 1.18 bits per heavy atom. The van der Waals surface area contributed by atoms with E-state index in [1.54, 1.807) is 13.0 Å². The SMILES string of the molecule is C=C1C(O)C=CC2(C)C=CC(=O)C(C)(OC(C)=O)C2C(OC(C)=O)C2(O)C(C)C(=O)OC2C1Cl. The molecule has 1 saturated heterocycles. The van der Waals surface area contributed by atoms with E-state index in [0.717, 1.165) is 13.8 Å². The van der Waals surface area contributed by atoms with Crippen LogP contribution in [0.25, 0.3) is 0 Å². The Labute approximate surface area is 202 Å². The van der Waals surface area contributed by atoms with Crippen molar-refractivity contribution >= 4 is 35.3 Å². The zero-order chi connectivity index (χ0) is 25.8. The molecule has 3 rings (SSSR count). The summed E-state index contributed by atoms with van der Waals surface area (Å²) in [5, 5.41) is 21.5. The van der Waals surface area contributed by atoms with Crippen LogP contribution in [0.3, 0.4) is 0 Å². The Kier molecular flexibility index (Phi) is 6.62. The third kappa shape index (κ3) is 3.89. The number of ether oxygens (including phenoxy) is 3. The van der Waals surface area contributed by atoms with Crippen LogP contribution in [0.5, 0.6) is 0 Å². The molecule has 186 valence electrons. The molecule has 0 aromatic carbocycles. The van der Waals surface area contributed by atoms with Gasteiger partial charge in [-0.1, -0.05) is 31.7 Å². The van der Waals surface area contributed by atoms with Crippen LogP contribution >= 0.6 is 11.6 Å². The molecule has 10 heteroatoms. The van der Waals surface area contributed by atoms with Crippen molar-refractivity contribution in [1.29, 1.82) is 0 Å². The van der Waals surface area contributed by atoms with Crippen molar-refractivity contribution in [2.45, 2.75) is 69.5 Å². The van der Waals surface area contributed by atoms with E-state index in [1.165, 1.54) is 32.1 Å². The molecule has 1 heterocycles. The summed E-state index contributed by atoms with van der Waals surface area (Å²) in [5.41, 5.74) is -5.37. The van der Waals surface area contributed by atoms with E-state index in [9.17, 15) is 29.4 Å². The second-order valence-electron chi connectivity index (χ2n) is 9.52. The van der Waals surface area contributed by atoms with Gasteiger partial charge in [-0.05, 0) is 25.5 Å². The average Bonchev–Trinajstić information content (AvgIpc) is 2.97. The van der Waals surface area contributed by atoms with Crippen LogP contribution < -0.4 is 0 Å². The van der Waals surface area contributed by atoms with Gasteiger partial charge in [-0.3, -0.25) is 19.2 Å². The molecule has 0 aromatic heterocycles. The van der Waals surface area contributed by atoms with Gasteiger partial charge in [0.1, 0.15) is 6.10 Å². The number of alkyl halides is 1. The summed E-state index contributed by atoms with van der Waals surface area (Å²) in [6.45, 7) is 10.4. The Hall–Kier alpha value is -2.49. The molecule has 0 radical (unpaired) electrons. The number of aliphatic hydroxyl groups excluding tert-OH is 1. The molecule has 1 fully saturated rings. The lowest BCUT2D eigenvalue weighted by Gasteiger charge is -2.53. The molecular weight excluding hydrogens is 468 g/mol. The van der Waals surface area contributed by atoms with Crippen LogP contribution in [-0.4, -0.2) is 68.8 Å². The fourth-order valence-electron chi connectivity index (χ4n) is 5.30. The summed E-state index contributed by atoms with van der Waals surface area (Å²) >= 11 is 6.54. The van der Waals surface area contributed by atoms with E-state index in [4.69, 9.17) is 25.8 Å². The molecule has 2 aliphatic carbocycles. The van der Waals surface area contributed by atoms with E-state index in [2.05, 4.69) is 6.58 Å². The number of carbonyl (C=O) groups is 4. The van der Waals surface area contributed by atoms with Gasteiger partial charge < -0.3 is 24.4 Å². The number of halogens is 1. The summed E-state index contributed by atoms with van der Waals surface area (Å²) in [4.78, 5) is 50.2. The predicted octanol–water partition coefficient (Wildman–Crippen LogP) is 1.39. The maximum Gasteiger partial charge on any atom is 0.312 e. The Morgan fingerprint density at radius 2 is 1.79 bits per heavy atom. The Balaban J connectivity index is 2.42. The number of aliphatic hydroxyl groups is 2. The molecule has 34 heavy (non-hydrogen) atoms. The van der Waals surface area contributed by atoms with Gasteiger partial charge in [0.15, 0.2) is 23.1 Å². The molecule has 1 aliphatic heterocycles. The first-order valence-electron chi connectivity index (χ1n) is 10.8. The number of fused-ring (bicyclic) bond motifs is 2. The van der Waals surface area contributed by atoms with Crippen LogP contribution in [0.15, 0.2) is 36.5 Å². The van der Waals surface area contributed by atoms with Gasteiger partial charge in [0, 0.05) is 19.3 Å². The smallest absolute Gasteiger partial charge is 0.312 e. The van der Waals surface area contributed by atoms with E-state index >= 15 is 0 Å². The summed E-state index contributed by atoms with van der Waals surface area (Å²) in [5.74, 6) is -5.53. The maximum atomic E-state index is 13.2. The van der Waals surface area contributed by atoms with Crippen LogP contribution in [0, 0.1) is 17.3 Å². The van der Waals surface area contributed by atoms with E-state index in [1.807, 2.05) is 0 Å². The molecule has 9 unspecified atom stereocenters. The molecule has 0 aromatic rings. The summed E-state index contributed by atoms with van der Waals surface area (Å²) in [6, 6.07) is 0. The van der Waals surface area contributed by atoms with Gasteiger partial charge in [0.2, 0.25) is 0 Å². The highest BCUT2D eigenvalue weighted by Crippen LogP contribution is 2.54. The van der Waals surface area contributed by atoms with E-state index in [-0.39, 0.29) is 5.57 Å². The van der Waals surface area contributed by atoms with Crippen molar-refractivity contribution in [3.05, 3.63) is 36.5 Å². The van der Waals surface area contributed by atoms with Gasteiger partial charge in [0.05, 0.1) is 23.3 Å². The molecule has 9 nitrogen and oxygen atoms in total. The molecule has 0 amide bonds. The average molecular weight is 497 g/mol. The number of ketones is 1. The van der Waals surface area contributed by atoms with E-state index in [0.29, 0.717) is 0 Å². The highest BCUT2D eigenvalue weighted by molar-refractivity contribution is 6.23. The van der Waals surface area contributed by atoms with Crippen LogP contribution in [0.4, 0.5) is 0 Å². The van der Waals surface area contributed by atoms with Crippen molar-refractivity contribution in [2.75, 3.05) is 0 Å². The lowest BCUT2D eigenvalue weighted by molar-refractivity contribution is -0.220. The Bertz CT molecular complexity index is 1000. The number of allylic oxidation sites excluding steroid dienone is 2. The second kappa shape index (κ2) is 8.62. The lowest BCUT2D eigenvalue weighted by Crippen LogP contribution is -2.68. The minimum Gasteiger partial charge on any atom is -0.459 e. The third-order valence-corrected chi connectivity index (χ3v) is 7.65. The topological polar surface area (TPSA) is 136 Å². The minimum absolute atomic E-state index is 0.0467. The van der Waals surface area contributed by atoms with Crippen molar-refractivity contribution in [3.63, 3.8) is 0 Å². The summed E-state index contributed by atoms with van der Waals surface area (Å²) in [7, 11) is 0. The standard InChI is InChI=1S/C24H29ClO9/c1-11-15(28)7-9-22(5)10-8-16(29)23(6,34-14(4)27)18(22)20(32-13(3)26)24(31)12(2)21(30)33-19(24)17(11)25/h7-10,12,15,17-20,28,31H,1H2,2-6H3. The van der Waals surface area contributed by atoms with Gasteiger partial charge in [-0.15, -0.1) is 11.6 Å².